The van der Waals surface area contributed by atoms with Crippen LogP contribution in [0, 0.1) is 5.41 Å². The van der Waals surface area contributed by atoms with E-state index in [1.54, 1.807) is 6.08 Å². The number of allylic oxidation sites excluding steroid dienone is 4. The molecular weight excluding hydrogens is 530 g/mol. The van der Waals surface area contributed by atoms with Gasteiger partial charge in [0.2, 0.25) is 0 Å². The van der Waals surface area contributed by atoms with Crippen LogP contribution in [0.4, 0.5) is 5.69 Å². The van der Waals surface area contributed by atoms with Gasteiger partial charge in [0.15, 0.2) is 0 Å². The van der Waals surface area contributed by atoms with Crippen LogP contribution >= 0.6 is 0 Å². The number of hydrogen-bond acceptors (Lipinski definition) is 4. The third-order valence-corrected chi connectivity index (χ3v) is 8.78. The lowest BCUT2D eigenvalue weighted by Gasteiger charge is -2.06. The highest BCUT2D eigenvalue weighted by molar-refractivity contribution is 6.50. The quantitative estimate of drug-likeness (QED) is 0.217. The fourth-order valence-corrected chi connectivity index (χ4v) is 6.86. The van der Waals surface area contributed by atoms with Crippen LogP contribution in [0.1, 0.15) is 0 Å². The molecule has 9 aromatic rings. The Labute approximate surface area is 244 Å². The van der Waals surface area contributed by atoms with Gasteiger partial charge >= 0.3 is 0 Å². The minimum atomic E-state index is 0.401. The number of furan rings is 2. The number of aromatic nitrogens is 1. The summed E-state index contributed by atoms with van der Waals surface area (Å²) in [6.07, 6.45) is 9.60. The van der Waals surface area contributed by atoms with E-state index in [4.69, 9.17) is 19.2 Å². The van der Waals surface area contributed by atoms with Gasteiger partial charge in [0.1, 0.15) is 22.3 Å². The van der Waals surface area contributed by atoms with Crippen LogP contribution in [0.15, 0.2) is 135 Å². The van der Waals surface area contributed by atoms with Crippen LogP contribution in [-0.4, -0.2) is 15.8 Å². The number of benzene rings is 5. The van der Waals surface area contributed by atoms with Gasteiger partial charge in [-0.15, -0.1) is 0 Å². The zero-order chi connectivity index (χ0) is 28.2. The molecular formula is C38H21N3O2. The Morgan fingerprint density at radius 3 is 2.14 bits per heavy atom. The molecule has 10 rings (SSSR count). The number of nitrogens with one attached hydrogen (secondary N) is 1. The Hall–Kier alpha value is -5.94. The normalized spacial score (nSPS) is 14.9. The molecule has 5 nitrogen and oxygen atoms in total. The van der Waals surface area contributed by atoms with Gasteiger partial charge in [-0.05, 0) is 71.8 Å². The van der Waals surface area contributed by atoms with E-state index in [1.807, 2.05) is 42.5 Å². The summed E-state index contributed by atoms with van der Waals surface area (Å²) in [5.41, 5.74) is 9.83. The van der Waals surface area contributed by atoms with Gasteiger partial charge in [0.05, 0.1) is 33.5 Å². The van der Waals surface area contributed by atoms with E-state index in [-0.39, 0.29) is 0 Å². The fraction of sp³-hybridized carbons (Fsp3) is 0. The van der Waals surface area contributed by atoms with E-state index in [1.165, 1.54) is 5.39 Å². The second-order valence-corrected chi connectivity index (χ2v) is 11.2. The van der Waals surface area contributed by atoms with Crippen LogP contribution in [0.25, 0.3) is 82.2 Å². The number of fused-ring (bicyclic) bond motifs is 10. The lowest BCUT2D eigenvalue weighted by atomic mass is 9.98. The summed E-state index contributed by atoms with van der Waals surface area (Å²) in [7, 11) is 0. The smallest absolute Gasteiger partial charge is 0.137 e. The van der Waals surface area contributed by atoms with E-state index in [0.717, 1.165) is 82.5 Å². The second kappa shape index (κ2) is 8.08. The molecule has 0 aliphatic heterocycles. The standard InChI is InChI=1S/C38H21N3O2/c39-29-9-3-4-10-30(29)40-31-20-41-37-27(24-14-16-35-36(38(24)41)25-8-2-6-12-33(25)43-35)18-22(19-28(31)37)21-13-15-34-26(17-21)23-7-1-5-11-32(23)42-34/h1-20,39H/b39-29?,40-30-. The van der Waals surface area contributed by atoms with Gasteiger partial charge in [0, 0.05) is 38.5 Å². The first-order valence-corrected chi connectivity index (χ1v) is 14.3. The van der Waals surface area contributed by atoms with Gasteiger partial charge in [-0.1, -0.05) is 54.6 Å². The Morgan fingerprint density at radius 2 is 1.26 bits per heavy atom. The molecule has 0 saturated carbocycles. The number of aliphatic imine (C=N–C) groups is 1. The van der Waals surface area contributed by atoms with Crippen molar-refractivity contribution in [3.63, 3.8) is 0 Å². The molecule has 0 radical (unpaired) electrons. The lowest BCUT2D eigenvalue weighted by molar-refractivity contribution is 0.668. The van der Waals surface area contributed by atoms with Crippen molar-refractivity contribution >= 4 is 88.2 Å². The minimum absolute atomic E-state index is 0.401. The first-order valence-electron chi connectivity index (χ1n) is 14.3. The van der Waals surface area contributed by atoms with Gasteiger partial charge in [0.25, 0.3) is 0 Å². The molecule has 0 bridgehead atoms. The zero-order valence-electron chi connectivity index (χ0n) is 22.8. The zero-order valence-corrected chi connectivity index (χ0v) is 22.8. The third-order valence-electron chi connectivity index (χ3n) is 8.78. The molecule has 4 aromatic heterocycles. The maximum atomic E-state index is 8.47. The second-order valence-electron chi connectivity index (χ2n) is 11.2. The molecule has 0 unspecified atom stereocenters. The van der Waals surface area contributed by atoms with Crippen molar-refractivity contribution in [3.8, 4) is 11.1 Å². The van der Waals surface area contributed by atoms with Crippen LogP contribution in [0.2, 0.25) is 0 Å². The van der Waals surface area contributed by atoms with Crippen molar-refractivity contribution in [1.82, 2.24) is 4.40 Å². The Morgan fingerprint density at radius 1 is 0.558 bits per heavy atom. The Kier molecular flexibility index (Phi) is 4.27. The van der Waals surface area contributed by atoms with E-state index in [2.05, 4.69) is 77.3 Å². The van der Waals surface area contributed by atoms with E-state index >= 15 is 0 Å². The van der Waals surface area contributed by atoms with Gasteiger partial charge in [-0.25, -0.2) is 4.99 Å². The van der Waals surface area contributed by atoms with Crippen molar-refractivity contribution in [2.75, 3.05) is 0 Å². The maximum absolute atomic E-state index is 8.47. The SMILES string of the molecule is N=C1C=CC=C/C1=N/c1cn2c3c1cc(-c1ccc4oc5ccccc5c4c1)cc3c1ccc3oc4ccccc4c3c12. The molecule has 0 atom stereocenters. The number of para-hydroxylation sites is 2. The molecule has 5 heteroatoms. The maximum Gasteiger partial charge on any atom is 0.137 e. The molecule has 1 aliphatic carbocycles. The molecule has 0 spiro atoms. The van der Waals surface area contributed by atoms with Gasteiger partial charge in [-0.3, -0.25) is 5.41 Å². The minimum Gasteiger partial charge on any atom is -0.456 e. The Bertz CT molecular complexity index is 2750. The summed E-state index contributed by atoms with van der Waals surface area (Å²) >= 11 is 0. The highest BCUT2D eigenvalue weighted by Gasteiger charge is 2.22. The van der Waals surface area contributed by atoms with E-state index in [0.29, 0.717) is 11.4 Å². The summed E-state index contributed by atoms with van der Waals surface area (Å²) in [4.78, 5) is 5.04. The molecule has 0 fully saturated rings. The molecule has 1 N–H and O–H groups in total. The first-order chi connectivity index (χ1) is 21.2. The number of hydrogen-bond donors (Lipinski definition) is 1. The van der Waals surface area contributed by atoms with Gasteiger partial charge < -0.3 is 13.2 Å². The first kappa shape index (κ1) is 22.7. The molecule has 5 aromatic carbocycles. The summed E-state index contributed by atoms with van der Waals surface area (Å²) in [6.45, 7) is 0. The lowest BCUT2D eigenvalue weighted by Crippen LogP contribution is -2.08. The van der Waals surface area contributed by atoms with E-state index in [9.17, 15) is 0 Å². The molecule has 1 aliphatic rings. The van der Waals surface area contributed by atoms with Crippen LogP contribution in [-0.2, 0) is 0 Å². The molecule has 43 heavy (non-hydrogen) atoms. The molecule has 0 amide bonds. The van der Waals surface area contributed by atoms with Crippen LogP contribution in [0.5, 0.6) is 0 Å². The largest absolute Gasteiger partial charge is 0.456 e. The van der Waals surface area contributed by atoms with Crippen molar-refractivity contribution in [1.29, 1.82) is 5.41 Å². The topological polar surface area (TPSA) is 66.9 Å². The van der Waals surface area contributed by atoms with E-state index < -0.39 is 0 Å². The summed E-state index contributed by atoms with van der Waals surface area (Å²) in [6, 6.07) is 31.6. The average molecular weight is 552 g/mol. The summed E-state index contributed by atoms with van der Waals surface area (Å²) in [5, 5.41) is 16.2. The van der Waals surface area contributed by atoms with Crippen LogP contribution in [0.3, 0.4) is 0 Å². The van der Waals surface area contributed by atoms with Crippen molar-refractivity contribution < 1.29 is 8.83 Å². The number of rotatable bonds is 2. The summed E-state index contributed by atoms with van der Waals surface area (Å²) < 4.78 is 14.7. The molecule has 4 heterocycles. The van der Waals surface area contributed by atoms with Crippen molar-refractivity contribution in [2.24, 2.45) is 4.99 Å². The third kappa shape index (κ3) is 3.05. The predicted octanol–water partition coefficient (Wildman–Crippen LogP) is 10.4. The van der Waals surface area contributed by atoms with Crippen molar-refractivity contribution in [2.45, 2.75) is 0 Å². The van der Waals surface area contributed by atoms with Crippen LogP contribution < -0.4 is 0 Å². The number of nitrogens with zero attached hydrogens (tertiary/aromatic N) is 2. The molecule has 200 valence electrons. The summed E-state index contributed by atoms with van der Waals surface area (Å²) in [5.74, 6) is 0. The monoisotopic (exact) mass is 551 g/mol. The average Bonchev–Trinajstić information content (AvgIpc) is 3.78. The highest BCUT2D eigenvalue weighted by atomic mass is 16.3. The fourth-order valence-electron chi connectivity index (χ4n) is 6.86. The highest BCUT2D eigenvalue weighted by Crippen LogP contribution is 2.45. The van der Waals surface area contributed by atoms with Gasteiger partial charge in [-0.2, -0.15) is 0 Å². The predicted molar refractivity (Wildman–Crippen MR) is 177 cm³/mol. The molecule has 0 saturated heterocycles. The Balaban J connectivity index is 1.33. The van der Waals surface area contributed by atoms with Crippen molar-refractivity contribution in [3.05, 3.63) is 121 Å².